The first-order valence-electron chi connectivity index (χ1n) is 3.90. The van der Waals surface area contributed by atoms with Gasteiger partial charge in [-0.1, -0.05) is 19.1 Å². The lowest BCUT2D eigenvalue weighted by atomic mass is 9.97. The van der Waals surface area contributed by atoms with Gasteiger partial charge in [0, 0.05) is 10.7 Å². The van der Waals surface area contributed by atoms with E-state index in [0.717, 1.165) is 5.92 Å². The first-order chi connectivity index (χ1) is 4.86. The lowest BCUT2D eigenvalue weighted by Gasteiger charge is -2.11. The molecule has 2 aliphatic rings. The Hall–Kier alpha value is -0.170. The van der Waals surface area contributed by atoms with Crippen molar-refractivity contribution in [3.63, 3.8) is 0 Å². The van der Waals surface area contributed by atoms with E-state index in [1.54, 1.807) is 10.5 Å². The molecule has 1 aliphatic heterocycles. The molecule has 1 unspecified atom stereocenters. The van der Waals surface area contributed by atoms with Gasteiger partial charge in [-0.05, 0) is 24.3 Å². The predicted octanol–water partition coefficient (Wildman–Crippen LogP) is 2.97. The van der Waals surface area contributed by atoms with Crippen LogP contribution in [0.2, 0.25) is 0 Å². The summed E-state index contributed by atoms with van der Waals surface area (Å²) in [6.45, 7) is 2.29. The normalized spacial score (nSPS) is 31.1. The molecule has 0 amide bonds. The van der Waals surface area contributed by atoms with E-state index in [2.05, 4.69) is 19.1 Å². The molecule has 0 spiro atoms. The van der Waals surface area contributed by atoms with Gasteiger partial charge >= 0.3 is 0 Å². The zero-order valence-corrected chi connectivity index (χ0v) is 7.08. The third-order valence-electron chi connectivity index (χ3n) is 2.12. The van der Waals surface area contributed by atoms with Crippen LogP contribution in [0.15, 0.2) is 22.6 Å². The van der Waals surface area contributed by atoms with Crippen molar-refractivity contribution in [1.82, 2.24) is 0 Å². The van der Waals surface area contributed by atoms with E-state index in [0.29, 0.717) is 0 Å². The smallest absolute Gasteiger partial charge is 0.00641 e. The Morgan fingerprint density at radius 3 is 3.40 bits per heavy atom. The van der Waals surface area contributed by atoms with Crippen molar-refractivity contribution in [2.45, 2.75) is 19.8 Å². The number of thioether (sulfide) groups is 1. The average Bonchev–Trinajstić information content (AvgIpc) is 2.33. The molecule has 0 saturated carbocycles. The number of rotatable bonds is 0. The summed E-state index contributed by atoms with van der Waals surface area (Å²) in [5, 5.41) is 0. The second-order valence-corrected chi connectivity index (χ2v) is 4.21. The molecule has 0 radical (unpaired) electrons. The van der Waals surface area contributed by atoms with Crippen molar-refractivity contribution in [2.75, 3.05) is 5.75 Å². The Kier molecular flexibility index (Phi) is 1.61. The minimum Gasteiger partial charge on any atom is -0.126 e. The quantitative estimate of drug-likeness (QED) is 0.514. The molecule has 1 saturated heterocycles. The second kappa shape index (κ2) is 2.46. The molecule has 0 nitrogen and oxygen atoms in total. The first-order valence-corrected chi connectivity index (χ1v) is 4.89. The van der Waals surface area contributed by atoms with Gasteiger partial charge in [-0.2, -0.15) is 0 Å². The maximum atomic E-state index is 2.42. The zero-order chi connectivity index (χ0) is 6.97. The van der Waals surface area contributed by atoms with Gasteiger partial charge < -0.3 is 0 Å². The highest BCUT2D eigenvalue weighted by Crippen LogP contribution is 2.39. The molecule has 0 aromatic heterocycles. The van der Waals surface area contributed by atoms with Crippen LogP contribution in [0.4, 0.5) is 0 Å². The number of allylic oxidation sites excluding steroid dienone is 3. The molecule has 1 fully saturated rings. The summed E-state index contributed by atoms with van der Waals surface area (Å²) in [7, 11) is 0. The number of fused-ring (bicyclic) bond motifs is 1. The van der Waals surface area contributed by atoms with Crippen molar-refractivity contribution >= 4 is 11.8 Å². The van der Waals surface area contributed by atoms with Crippen LogP contribution in [-0.2, 0) is 0 Å². The highest BCUT2D eigenvalue weighted by atomic mass is 32.2. The summed E-state index contributed by atoms with van der Waals surface area (Å²) in [6, 6.07) is 0. The SMILES string of the molecule is CC1C=C2SCCC2=CC1. The Balaban J connectivity index is 2.27. The van der Waals surface area contributed by atoms with Gasteiger partial charge in [0.1, 0.15) is 0 Å². The van der Waals surface area contributed by atoms with E-state index < -0.39 is 0 Å². The molecule has 2 rings (SSSR count). The highest BCUT2D eigenvalue weighted by molar-refractivity contribution is 8.03. The van der Waals surface area contributed by atoms with Gasteiger partial charge in [0.25, 0.3) is 0 Å². The third kappa shape index (κ3) is 1.03. The van der Waals surface area contributed by atoms with Crippen molar-refractivity contribution in [1.29, 1.82) is 0 Å². The Morgan fingerprint density at radius 2 is 2.50 bits per heavy atom. The van der Waals surface area contributed by atoms with Gasteiger partial charge in [-0.25, -0.2) is 0 Å². The molecule has 1 atom stereocenters. The number of hydrogen-bond acceptors (Lipinski definition) is 1. The van der Waals surface area contributed by atoms with Crippen molar-refractivity contribution in [3.05, 3.63) is 22.6 Å². The summed E-state index contributed by atoms with van der Waals surface area (Å²) in [6.07, 6.45) is 7.41. The largest absolute Gasteiger partial charge is 0.126 e. The van der Waals surface area contributed by atoms with Crippen molar-refractivity contribution in [2.24, 2.45) is 5.92 Å². The molecular weight excluding hydrogens is 140 g/mol. The maximum Gasteiger partial charge on any atom is 0.00641 e. The first kappa shape index (κ1) is 6.53. The van der Waals surface area contributed by atoms with Crippen LogP contribution in [0.5, 0.6) is 0 Å². The molecule has 1 heteroatoms. The lowest BCUT2D eigenvalue weighted by molar-refractivity contribution is 0.727. The number of hydrogen-bond donors (Lipinski definition) is 0. The van der Waals surface area contributed by atoms with E-state index in [1.165, 1.54) is 18.6 Å². The summed E-state index contributed by atoms with van der Waals surface area (Å²) in [5.74, 6) is 2.09. The minimum atomic E-state index is 0.782. The topological polar surface area (TPSA) is 0 Å². The zero-order valence-electron chi connectivity index (χ0n) is 6.26. The fourth-order valence-corrected chi connectivity index (χ4v) is 2.74. The van der Waals surface area contributed by atoms with E-state index >= 15 is 0 Å². The van der Waals surface area contributed by atoms with Crippen molar-refractivity contribution < 1.29 is 0 Å². The van der Waals surface area contributed by atoms with E-state index in [9.17, 15) is 0 Å². The highest BCUT2D eigenvalue weighted by Gasteiger charge is 2.17. The van der Waals surface area contributed by atoms with Crippen LogP contribution in [0, 0.1) is 5.92 Å². The average molecular weight is 152 g/mol. The molecule has 54 valence electrons. The van der Waals surface area contributed by atoms with Gasteiger partial charge in [-0.3, -0.25) is 0 Å². The fourth-order valence-electron chi connectivity index (χ4n) is 1.50. The Labute approximate surface area is 66.4 Å². The van der Waals surface area contributed by atoms with E-state index in [4.69, 9.17) is 0 Å². The van der Waals surface area contributed by atoms with E-state index in [-0.39, 0.29) is 0 Å². The van der Waals surface area contributed by atoms with Gasteiger partial charge in [0.05, 0.1) is 0 Å². The fraction of sp³-hybridized carbons (Fsp3) is 0.556. The van der Waals surface area contributed by atoms with Crippen LogP contribution < -0.4 is 0 Å². The molecule has 0 aromatic rings. The molecular formula is C9H12S. The van der Waals surface area contributed by atoms with Crippen molar-refractivity contribution in [3.8, 4) is 0 Å². The molecule has 0 aromatic carbocycles. The molecule has 1 heterocycles. The lowest BCUT2D eigenvalue weighted by Crippen LogP contribution is -1.95. The van der Waals surface area contributed by atoms with Gasteiger partial charge in [-0.15, -0.1) is 11.8 Å². The van der Waals surface area contributed by atoms with Gasteiger partial charge in [0.2, 0.25) is 0 Å². The maximum absolute atomic E-state index is 2.42. The standard InChI is InChI=1S/C9H12S/c1-7-2-3-8-4-5-10-9(8)6-7/h3,6-7H,2,4-5H2,1H3. The van der Waals surface area contributed by atoms with Crippen LogP contribution in [-0.4, -0.2) is 5.75 Å². The van der Waals surface area contributed by atoms with Gasteiger partial charge in [0.15, 0.2) is 0 Å². The van der Waals surface area contributed by atoms with Crippen LogP contribution >= 0.6 is 11.8 Å². The monoisotopic (exact) mass is 152 g/mol. The molecule has 0 bridgehead atoms. The van der Waals surface area contributed by atoms with Crippen LogP contribution in [0.25, 0.3) is 0 Å². The van der Waals surface area contributed by atoms with Crippen LogP contribution in [0.3, 0.4) is 0 Å². The Morgan fingerprint density at radius 1 is 1.60 bits per heavy atom. The third-order valence-corrected chi connectivity index (χ3v) is 3.23. The molecule has 0 N–H and O–H groups in total. The summed E-state index contributed by atoms with van der Waals surface area (Å²) >= 11 is 2.02. The molecule has 10 heavy (non-hydrogen) atoms. The Bertz CT molecular complexity index is 201. The summed E-state index contributed by atoms with van der Waals surface area (Å²) in [5.41, 5.74) is 1.61. The summed E-state index contributed by atoms with van der Waals surface area (Å²) in [4.78, 5) is 1.57. The molecule has 1 aliphatic carbocycles. The van der Waals surface area contributed by atoms with E-state index in [1.807, 2.05) is 11.8 Å². The minimum absolute atomic E-state index is 0.782. The van der Waals surface area contributed by atoms with Crippen LogP contribution in [0.1, 0.15) is 19.8 Å². The summed E-state index contributed by atoms with van der Waals surface area (Å²) < 4.78 is 0. The second-order valence-electron chi connectivity index (χ2n) is 3.07. The predicted molar refractivity (Wildman–Crippen MR) is 47.0 cm³/mol.